The third-order valence-electron chi connectivity index (χ3n) is 1.54. The maximum Gasteiger partial charge on any atom is 0.288 e. The molecule has 13 heavy (non-hydrogen) atoms. The topological polar surface area (TPSA) is 41.5 Å². The first kappa shape index (κ1) is 8.59. The molecule has 0 unspecified atom stereocenters. The molecule has 1 heterocycles. The number of benzene rings is 1. The van der Waals surface area contributed by atoms with Gasteiger partial charge in [0.1, 0.15) is 0 Å². The van der Waals surface area contributed by atoms with Crippen molar-refractivity contribution in [2.45, 2.75) is 4.90 Å². The number of hydrogen-bond donors (Lipinski definition) is 1. The number of rotatable bonds is 1. The Hall–Kier alpha value is -1.00. The first-order valence-corrected chi connectivity index (χ1v) is 4.77. The smallest absolute Gasteiger partial charge is 0.288 e. The number of aliphatic imine (C=N–C) groups is 1. The van der Waals surface area contributed by atoms with E-state index >= 15 is 0 Å². The maximum atomic E-state index is 10.8. The van der Waals surface area contributed by atoms with E-state index in [-0.39, 0.29) is 5.84 Å². The average Bonchev–Trinajstić information content (AvgIpc) is 2.17. The minimum atomic E-state index is -0.568. The van der Waals surface area contributed by atoms with Gasteiger partial charge >= 0.3 is 0 Å². The van der Waals surface area contributed by atoms with Gasteiger partial charge in [-0.2, -0.15) is 0 Å². The Bertz CT molecular complexity index is 391. The minimum absolute atomic E-state index is 0.186. The standard InChI is InChI=1S/C8H5ClN2OS/c9-7(12)8-10-5-3-1-2-4-6(5)13-11-8/h1-4H,(H,10,11). The minimum Gasteiger partial charge on any atom is -0.306 e. The molecule has 1 aliphatic rings. The molecule has 2 rings (SSSR count). The fourth-order valence-corrected chi connectivity index (χ4v) is 1.82. The van der Waals surface area contributed by atoms with Crippen molar-refractivity contribution in [2.75, 3.05) is 0 Å². The van der Waals surface area contributed by atoms with E-state index < -0.39 is 5.24 Å². The molecule has 1 aromatic rings. The fourth-order valence-electron chi connectivity index (χ4n) is 0.966. The summed E-state index contributed by atoms with van der Waals surface area (Å²) < 4.78 is 2.76. The normalized spacial score (nSPS) is 14.1. The lowest BCUT2D eigenvalue weighted by Gasteiger charge is -2.12. The van der Waals surface area contributed by atoms with Gasteiger partial charge in [-0.3, -0.25) is 4.79 Å². The number of carbonyl (C=O) groups excluding carboxylic acids is 1. The van der Waals surface area contributed by atoms with E-state index in [1.165, 1.54) is 11.9 Å². The van der Waals surface area contributed by atoms with Gasteiger partial charge in [-0.05, 0) is 35.7 Å². The van der Waals surface area contributed by atoms with Crippen molar-refractivity contribution < 1.29 is 4.79 Å². The second kappa shape index (κ2) is 3.40. The quantitative estimate of drug-likeness (QED) is 0.573. The van der Waals surface area contributed by atoms with Crippen LogP contribution in [0.5, 0.6) is 0 Å². The molecule has 66 valence electrons. The molecule has 1 aromatic carbocycles. The van der Waals surface area contributed by atoms with E-state index in [0.29, 0.717) is 0 Å². The number of fused-ring (bicyclic) bond motifs is 1. The Kier molecular flexibility index (Phi) is 2.24. The summed E-state index contributed by atoms with van der Waals surface area (Å²) in [4.78, 5) is 15.8. The molecule has 0 saturated carbocycles. The van der Waals surface area contributed by atoms with Crippen LogP contribution in [0, 0.1) is 0 Å². The summed E-state index contributed by atoms with van der Waals surface area (Å²) in [6.45, 7) is 0. The van der Waals surface area contributed by atoms with Gasteiger partial charge in [-0.25, -0.2) is 4.99 Å². The van der Waals surface area contributed by atoms with Crippen molar-refractivity contribution in [1.29, 1.82) is 0 Å². The van der Waals surface area contributed by atoms with Crippen molar-refractivity contribution in [3.05, 3.63) is 24.3 Å². The molecule has 0 aliphatic carbocycles. The average molecular weight is 213 g/mol. The van der Waals surface area contributed by atoms with E-state index in [2.05, 4.69) is 9.71 Å². The van der Waals surface area contributed by atoms with E-state index in [0.717, 1.165) is 10.6 Å². The lowest BCUT2D eigenvalue weighted by atomic mass is 10.3. The van der Waals surface area contributed by atoms with Gasteiger partial charge < -0.3 is 4.72 Å². The summed E-state index contributed by atoms with van der Waals surface area (Å²) in [5, 5.41) is -0.568. The van der Waals surface area contributed by atoms with E-state index in [1.54, 1.807) is 0 Å². The Labute approximate surface area is 84.3 Å². The summed E-state index contributed by atoms with van der Waals surface area (Å²) in [7, 11) is 0. The van der Waals surface area contributed by atoms with Crippen LogP contribution in [-0.2, 0) is 4.79 Å². The van der Waals surface area contributed by atoms with Crippen LogP contribution < -0.4 is 4.72 Å². The van der Waals surface area contributed by atoms with Gasteiger partial charge in [-0.15, -0.1) is 0 Å². The Morgan fingerprint density at radius 3 is 3.00 bits per heavy atom. The second-order valence-corrected chi connectivity index (χ2v) is 3.60. The Morgan fingerprint density at radius 2 is 2.23 bits per heavy atom. The highest BCUT2D eigenvalue weighted by molar-refractivity contribution is 7.98. The largest absolute Gasteiger partial charge is 0.306 e. The van der Waals surface area contributed by atoms with Crippen molar-refractivity contribution in [3.63, 3.8) is 0 Å². The number of para-hydroxylation sites is 1. The van der Waals surface area contributed by atoms with Crippen LogP contribution in [-0.4, -0.2) is 11.1 Å². The predicted octanol–water partition coefficient (Wildman–Crippen LogP) is 2.09. The summed E-state index contributed by atoms with van der Waals surface area (Å²) >= 11 is 6.62. The molecule has 0 atom stereocenters. The van der Waals surface area contributed by atoms with Gasteiger partial charge in [0.15, 0.2) is 5.84 Å². The van der Waals surface area contributed by atoms with Crippen LogP contribution in [0.15, 0.2) is 34.2 Å². The highest BCUT2D eigenvalue weighted by atomic mass is 35.5. The highest BCUT2D eigenvalue weighted by Crippen LogP contribution is 2.30. The summed E-state index contributed by atoms with van der Waals surface area (Å²) in [6.07, 6.45) is 0. The molecule has 5 heteroatoms. The van der Waals surface area contributed by atoms with Crippen molar-refractivity contribution in [1.82, 2.24) is 4.72 Å². The van der Waals surface area contributed by atoms with Gasteiger partial charge in [0.05, 0.1) is 10.6 Å². The molecule has 1 aliphatic heterocycles. The molecule has 0 fully saturated rings. The zero-order valence-electron chi connectivity index (χ0n) is 6.45. The van der Waals surface area contributed by atoms with Crippen LogP contribution >= 0.6 is 23.5 Å². The van der Waals surface area contributed by atoms with Crippen LogP contribution in [0.3, 0.4) is 0 Å². The Morgan fingerprint density at radius 1 is 1.46 bits per heavy atom. The van der Waals surface area contributed by atoms with E-state index in [4.69, 9.17) is 11.6 Å². The van der Waals surface area contributed by atoms with E-state index in [9.17, 15) is 4.79 Å². The van der Waals surface area contributed by atoms with Crippen molar-refractivity contribution >= 4 is 40.3 Å². The van der Waals surface area contributed by atoms with Gasteiger partial charge in [0, 0.05) is 0 Å². The zero-order chi connectivity index (χ0) is 9.26. The molecular weight excluding hydrogens is 208 g/mol. The summed E-state index contributed by atoms with van der Waals surface area (Å²) in [5.74, 6) is 0.186. The van der Waals surface area contributed by atoms with Crippen LogP contribution in [0.25, 0.3) is 0 Å². The number of nitrogens with one attached hydrogen (secondary N) is 1. The van der Waals surface area contributed by atoms with E-state index in [1.807, 2.05) is 24.3 Å². The SMILES string of the molecule is O=C(Cl)C1=Nc2ccccc2SN1. The molecule has 0 bridgehead atoms. The number of nitrogens with zero attached hydrogens (tertiary/aromatic N) is 1. The molecule has 0 spiro atoms. The first-order chi connectivity index (χ1) is 6.27. The van der Waals surface area contributed by atoms with Crippen LogP contribution in [0.2, 0.25) is 0 Å². The molecule has 3 nitrogen and oxygen atoms in total. The van der Waals surface area contributed by atoms with Crippen LogP contribution in [0.1, 0.15) is 0 Å². The second-order valence-electron chi connectivity index (χ2n) is 2.41. The van der Waals surface area contributed by atoms with Crippen molar-refractivity contribution in [3.8, 4) is 0 Å². The molecule has 1 N–H and O–H groups in total. The number of amidine groups is 1. The molecule has 0 radical (unpaired) electrons. The fraction of sp³-hybridized carbons (Fsp3) is 0. The zero-order valence-corrected chi connectivity index (χ0v) is 8.02. The Balaban J connectivity index is 2.44. The highest BCUT2D eigenvalue weighted by Gasteiger charge is 2.15. The monoisotopic (exact) mass is 212 g/mol. The first-order valence-electron chi connectivity index (χ1n) is 3.58. The van der Waals surface area contributed by atoms with Gasteiger partial charge in [-0.1, -0.05) is 12.1 Å². The third kappa shape index (κ3) is 1.68. The molecular formula is C8H5ClN2OS. The molecule has 0 aromatic heterocycles. The summed E-state index contributed by atoms with van der Waals surface area (Å²) in [6, 6.07) is 7.54. The third-order valence-corrected chi connectivity index (χ3v) is 2.58. The lowest BCUT2D eigenvalue weighted by Crippen LogP contribution is -2.24. The predicted molar refractivity (Wildman–Crippen MR) is 53.4 cm³/mol. The van der Waals surface area contributed by atoms with Crippen LogP contribution in [0.4, 0.5) is 5.69 Å². The number of carbonyl (C=O) groups is 1. The number of halogens is 1. The number of hydrogen-bond acceptors (Lipinski definition) is 4. The molecule has 0 amide bonds. The van der Waals surface area contributed by atoms with Crippen molar-refractivity contribution in [2.24, 2.45) is 4.99 Å². The van der Waals surface area contributed by atoms with Gasteiger partial charge in [0.25, 0.3) is 5.24 Å². The molecule has 0 saturated heterocycles. The lowest BCUT2D eigenvalue weighted by molar-refractivity contribution is -0.106. The maximum absolute atomic E-state index is 10.8. The van der Waals surface area contributed by atoms with Gasteiger partial charge in [0.2, 0.25) is 0 Å². The summed E-state index contributed by atoms with van der Waals surface area (Å²) in [5.41, 5.74) is 0.773.